The van der Waals surface area contributed by atoms with Crippen molar-refractivity contribution in [1.82, 2.24) is 16.0 Å². The van der Waals surface area contributed by atoms with E-state index in [9.17, 15) is 88.8 Å². The summed E-state index contributed by atoms with van der Waals surface area (Å²) in [4.78, 5) is 107. The molecular weight excluding hydrogens is 1700 g/mol. The number of hydrogen-bond acceptors (Lipinski definition) is 35. The second kappa shape index (κ2) is 114. The smallest absolute Gasteiger partial charge is 0.339 e. The zero-order valence-electron chi connectivity index (χ0n) is 85.9. The molecule has 8 rings (SSSR count). The van der Waals surface area contributed by atoms with Crippen molar-refractivity contribution in [2.75, 3.05) is 56.4 Å². The van der Waals surface area contributed by atoms with E-state index in [1.54, 1.807) is 38.4 Å². The third kappa shape index (κ3) is 90.9. The van der Waals surface area contributed by atoms with Crippen LogP contribution in [0.2, 0.25) is 0 Å². The second-order valence-electron chi connectivity index (χ2n) is 27.8. The lowest BCUT2D eigenvalue weighted by Gasteiger charge is -2.24. The number of rotatable bonds is 25. The monoisotopic (exact) mass is 1900 g/mol. The Hall–Kier alpha value is -6.70. The van der Waals surface area contributed by atoms with Gasteiger partial charge in [-0.1, -0.05) is 267 Å². The van der Waals surface area contributed by atoms with E-state index in [2.05, 4.69) is 118 Å². The lowest BCUT2D eigenvalue weighted by atomic mass is 9.88. The molecule has 0 bridgehead atoms. The number of carbonyl (C=O) groups is 10. The number of ketones is 5. The van der Waals surface area contributed by atoms with Gasteiger partial charge in [-0.2, -0.15) is 0 Å². The fraction of sp³-hybridized carbons (Fsp3) is 0.768. The lowest BCUT2D eigenvalue weighted by Crippen LogP contribution is -2.51. The average Bonchev–Trinajstić information content (AvgIpc) is 1.63. The number of fused-ring (bicyclic) bond motifs is 1. The van der Waals surface area contributed by atoms with Gasteiger partial charge in [-0.3, -0.25) is 28.8 Å². The highest BCUT2D eigenvalue weighted by atomic mass is 16.7. The number of amides is 1. The van der Waals surface area contributed by atoms with Gasteiger partial charge >= 0.3 is 11.9 Å². The van der Waals surface area contributed by atoms with Crippen LogP contribution in [0.1, 0.15) is 288 Å². The predicted molar refractivity (Wildman–Crippen MR) is 527 cm³/mol. The quantitative estimate of drug-likeness (QED) is 0.0394. The van der Waals surface area contributed by atoms with Crippen LogP contribution in [0, 0.1) is 23.7 Å². The maximum absolute atomic E-state index is 11.0. The Balaban J connectivity index is -0.0000000787. The van der Waals surface area contributed by atoms with E-state index in [0.29, 0.717) is 12.8 Å². The van der Waals surface area contributed by atoms with Crippen LogP contribution in [0.3, 0.4) is 0 Å². The number of nitrogens with one attached hydrogen (secondary N) is 3. The molecule has 4 saturated carbocycles. The third-order valence-electron chi connectivity index (χ3n) is 16.4. The van der Waals surface area contributed by atoms with E-state index >= 15 is 0 Å². The average molecular weight is 1900 g/mol. The van der Waals surface area contributed by atoms with E-state index in [1.165, 1.54) is 140 Å². The number of hydrogen-bond donors (Lipinski definition) is 24. The summed E-state index contributed by atoms with van der Waals surface area (Å²) in [5.74, 6) is -1.47. The number of aromatic hydroxyl groups is 2. The van der Waals surface area contributed by atoms with Crippen LogP contribution in [-0.4, -0.2) is 307 Å². The van der Waals surface area contributed by atoms with Gasteiger partial charge in [0, 0.05) is 19.9 Å². The highest BCUT2D eigenvalue weighted by Crippen LogP contribution is 2.30. The van der Waals surface area contributed by atoms with E-state index in [-0.39, 0.29) is 43.9 Å². The molecule has 786 valence electrons. The van der Waals surface area contributed by atoms with Crippen LogP contribution in [0.5, 0.6) is 11.5 Å². The van der Waals surface area contributed by atoms with Gasteiger partial charge in [-0.05, 0) is 142 Å². The molecule has 18 atom stereocenters. The van der Waals surface area contributed by atoms with Crippen LogP contribution in [-0.2, 0) is 70.3 Å². The van der Waals surface area contributed by atoms with Crippen molar-refractivity contribution in [2.24, 2.45) is 52.3 Å². The highest BCUT2D eigenvalue weighted by molar-refractivity contribution is 5.86. The molecule has 6 fully saturated rings. The summed E-state index contributed by atoms with van der Waals surface area (Å²) >= 11 is 0. The van der Waals surface area contributed by atoms with E-state index in [1.807, 2.05) is 98.8 Å². The Bertz CT molecular complexity index is 2580. The molecule has 0 unspecified atom stereocenters. The minimum absolute atomic E-state index is 0. The maximum atomic E-state index is 11.0. The fourth-order valence-corrected chi connectivity index (χ4v) is 8.01. The van der Waals surface area contributed by atoms with Crippen molar-refractivity contribution < 1.29 is 139 Å². The zero-order chi connectivity index (χ0) is 106. The van der Waals surface area contributed by atoms with Gasteiger partial charge in [0.05, 0.1) is 12.1 Å². The number of phenolic OH excluding ortho intramolecular Hbond substituents is 2. The first-order valence-corrected chi connectivity index (χ1v) is 45.8. The summed E-state index contributed by atoms with van der Waals surface area (Å²) in [6, 6.07) is 13.4. The number of Topliss-reactive ketones (excluding diaryl/α,β-unsaturated/α-hetero) is 5. The number of carbonyl (C=O) groups excluding carboxylic acids is 10. The molecule has 29 N–H and O–H groups in total. The molecule has 4 aliphatic carbocycles. The summed E-state index contributed by atoms with van der Waals surface area (Å²) in [7, 11) is 12.2. The molecule has 2 aromatic rings. The van der Waals surface area contributed by atoms with Gasteiger partial charge in [0.15, 0.2) is 59.4 Å². The Labute approximate surface area is 790 Å². The van der Waals surface area contributed by atoms with Crippen molar-refractivity contribution in [1.29, 1.82) is 0 Å². The minimum atomic E-state index is -1.93. The van der Waals surface area contributed by atoms with Gasteiger partial charge in [-0.25, -0.2) is 9.59 Å². The Kier molecular flexibility index (Phi) is 140. The molecule has 6 aliphatic rings. The first-order valence-electron chi connectivity index (χ1n) is 45.8. The van der Waals surface area contributed by atoms with E-state index < -0.39 is 144 Å². The number of esters is 2. The van der Waals surface area contributed by atoms with Gasteiger partial charge in [0.1, 0.15) is 91.2 Å². The zero-order valence-corrected chi connectivity index (χ0v) is 85.9. The molecule has 131 heavy (non-hydrogen) atoms. The summed E-state index contributed by atoms with van der Waals surface area (Å²) in [6.07, 6.45) is -5.58. The van der Waals surface area contributed by atoms with Crippen LogP contribution in [0.25, 0.3) is 0 Å². The summed E-state index contributed by atoms with van der Waals surface area (Å²) in [5.41, 5.74) is 24.6. The fourth-order valence-electron chi connectivity index (χ4n) is 8.01. The van der Waals surface area contributed by atoms with Crippen molar-refractivity contribution in [3.8, 4) is 11.5 Å². The highest BCUT2D eigenvalue weighted by Gasteiger charge is 2.57. The Morgan fingerprint density at radius 2 is 0.557 bits per heavy atom. The summed E-state index contributed by atoms with van der Waals surface area (Å²) < 4.78 is 8.99. The molecule has 0 radical (unpaired) electrons. The topological polar surface area (TPSA) is 679 Å². The number of aldehydes is 2. The van der Waals surface area contributed by atoms with Crippen LogP contribution < -0.4 is 44.6 Å². The lowest BCUT2D eigenvalue weighted by molar-refractivity contribution is -0.159. The molecule has 2 aliphatic heterocycles. The summed E-state index contributed by atoms with van der Waals surface area (Å²) in [6.45, 7) is 47.9. The van der Waals surface area contributed by atoms with Gasteiger partial charge in [0.2, 0.25) is 0 Å². The van der Waals surface area contributed by atoms with Crippen LogP contribution in [0.4, 0.5) is 0 Å². The number of phenols is 2. The Morgan fingerprint density at radius 3 is 0.695 bits per heavy atom. The predicted octanol–water partition coefficient (Wildman–Crippen LogP) is 6.10. The van der Waals surface area contributed by atoms with Crippen molar-refractivity contribution >= 4 is 59.3 Å². The normalized spacial score (nSPS) is 17.6. The molecule has 1 amide bonds. The number of benzene rings is 2. The Morgan fingerprint density at radius 1 is 0.374 bits per heavy atom. The largest absolute Gasteiger partial charge is 0.508 e. The van der Waals surface area contributed by atoms with Crippen molar-refractivity contribution in [3.63, 3.8) is 0 Å². The summed E-state index contributed by atoms with van der Waals surface area (Å²) in [5, 5.41) is 154. The molecule has 2 saturated heterocycles. The standard InChI is InChI=1S/2C10H13NO2.2C9H16O6.C8H15NO6.C6H6O6.2C5H10.2C4H8.3C3H8.5C2H6.5CH5N.CH4/c2*1-11-9(7-12)6-8-2-4-10(13)5-3-8;2*1-3-5(11)7(13)9(15)8(14)6(12)4(2)10;1-3(10)4(11)5(12)6(13)7(14)8(15)9-2;7-1-3-4(12-5(1)9)2(8)6(10)11-3;2*1-5-3-2-4-5;2*1-4-2-3-4;3*1-3-2;10*1-2;/h2*2-5,7,9,11,13H,6H2,1H3;2*6-9,12-15H,3H2,1-2H3;4-7,11-14H,1-2H3,(H,9,15);1-4,7-8H;2*5H,2-4H2,1H3;2*4H,2-3H2,1H3;3*3H2,1-2H3;5*1-2H3;5*2H2,1H3;1H4/t2*9-;2*6-,7+,8-,9-;4-,5-,6+,7-;1-,2+,3-,4-;;;;;;;;;;;;;;;;;;/m111101................../s1. The van der Waals surface area contributed by atoms with Crippen LogP contribution >= 0.6 is 0 Å². The SMILES string of the molecule is C.CC.CC.CC.CC.CC.CC1CC1.CC1CC1.CC1CCC1.CC1CCC1.CCC.CCC.CCC.CCC(=O)[C@H](O)[C@@H](O)[C@H](O)[C@H](O)C(C)=O.CCC(=O)[C@H](O)[C@@H](O)[C@H](O)[C@H](O)C(C)=O.CN.CN.CN.CN.CN.CNC(=O)[C@@H](O)[C@H](O)[C@@H](O)[C@@H](O)C(C)=O.CN[C@@H](C=O)Cc1ccc(O)cc1.CN[C@@H](C=O)Cc1ccc(O)cc1.O=C1O[C@H]2[C@H](OC(=O)[C@@H]2O)[C@@H]1O. The number of likely N-dealkylation sites (N-methyl/N-ethyl adjacent to an activating group) is 3. The number of nitrogens with two attached hydrogens (primary N) is 5. The second-order valence-corrected chi connectivity index (χ2v) is 27.8. The third-order valence-corrected chi connectivity index (χ3v) is 16.4. The first-order chi connectivity index (χ1) is 61.4. The maximum Gasteiger partial charge on any atom is 0.339 e. The van der Waals surface area contributed by atoms with Crippen molar-refractivity contribution in [3.05, 3.63) is 59.7 Å². The molecule has 2 aromatic carbocycles. The van der Waals surface area contributed by atoms with Crippen LogP contribution in [0.15, 0.2) is 48.5 Å². The molecule has 0 aromatic heterocycles. The van der Waals surface area contributed by atoms with Crippen molar-refractivity contribution in [2.45, 2.75) is 399 Å². The van der Waals surface area contributed by atoms with E-state index in [0.717, 1.165) is 68.1 Å². The molecular formula is C95H198N8O28. The minimum Gasteiger partial charge on any atom is -0.508 e. The molecule has 0 spiro atoms. The number of aliphatic hydroxyl groups is 14. The molecule has 2 heterocycles. The van der Waals surface area contributed by atoms with Gasteiger partial charge < -0.3 is 145 Å². The van der Waals surface area contributed by atoms with Gasteiger partial charge in [-0.15, -0.1) is 0 Å². The number of ether oxygens (including phenoxy) is 2. The molecule has 36 heteroatoms. The molecule has 36 nitrogen and oxygen atoms in total. The number of aliphatic hydroxyl groups excluding tert-OH is 14. The first kappa shape index (κ1) is 161. The van der Waals surface area contributed by atoms with E-state index in [4.69, 9.17) is 40.9 Å². The van der Waals surface area contributed by atoms with Gasteiger partial charge in [0.25, 0.3) is 5.91 Å².